The second-order valence-electron chi connectivity index (χ2n) is 3.07. The molecule has 71 valence electrons. The highest BCUT2D eigenvalue weighted by Gasteiger charge is 2.00. The van der Waals surface area contributed by atoms with Crippen LogP contribution in [0.25, 0.3) is 10.9 Å². The number of H-pyrrole nitrogens is 1. The molecule has 0 saturated heterocycles. The van der Waals surface area contributed by atoms with Crippen molar-refractivity contribution in [1.82, 2.24) is 4.98 Å². The van der Waals surface area contributed by atoms with E-state index in [0.29, 0.717) is 6.61 Å². The number of aromatic nitrogens is 1. The van der Waals surface area contributed by atoms with Crippen molar-refractivity contribution in [3.05, 3.63) is 46.2 Å². The minimum atomic E-state index is -0.0962. The van der Waals surface area contributed by atoms with E-state index in [1.54, 1.807) is 13.2 Å². The van der Waals surface area contributed by atoms with E-state index in [2.05, 4.69) is 11.1 Å². The molecule has 0 atom stereocenters. The van der Waals surface area contributed by atoms with Crippen LogP contribution in [0, 0.1) is 6.07 Å². The van der Waals surface area contributed by atoms with Crippen LogP contribution in [-0.4, -0.2) is 12.1 Å². The second kappa shape index (κ2) is 3.64. The summed E-state index contributed by atoms with van der Waals surface area (Å²) in [5.74, 6) is 0. The van der Waals surface area contributed by atoms with E-state index in [9.17, 15) is 4.79 Å². The van der Waals surface area contributed by atoms with E-state index < -0.39 is 0 Å². The van der Waals surface area contributed by atoms with Gasteiger partial charge in [-0.1, -0.05) is 0 Å². The zero-order valence-corrected chi connectivity index (χ0v) is 7.83. The summed E-state index contributed by atoms with van der Waals surface area (Å²) in [5.41, 5.74) is 1.68. The summed E-state index contributed by atoms with van der Waals surface area (Å²) in [6.45, 7) is 0.480. The van der Waals surface area contributed by atoms with Gasteiger partial charge in [-0.3, -0.25) is 4.79 Å². The van der Waals surface area contributed by atoms with E-state index in [-0.39, 0.29) is 5.56 Å². The predicted molar refractivity (Wildman–Crippen MR) is 54.1 cm³/mol. The average Bonchev–Trinajstić information content (AvgIpc) is 2.19. The van der Waals surface area contributed by atoms with Crippen LogP contribution >= 0.6 is 0 Å². The molecule has 2 aromatic rings. The SMILES string of the molecule is COCc1c[c]cc2ccc(=O)[nH]c12. The van der Waals surface area contributed by atoms with Crippen molar-refractivity contribution < 1.29 is 4.74 Å². The molecule has 0 aliphatic rings. The van der Waals surface area contributed by atoms with Gasteiger partial charge in [0.1, 0.15) is 0 Å². The van der Waals surface area contributed by atoms with Gasteiger partial charge >= 0.3 is 0 Å². The molecule has 0 aliphatic heterocycles. The first-order valence-corrected chi connectivity index (χ1v) is 4.32. The maximum absolute atomic E-state index is 11.1. The summed E-state index contributed by atoms with van der Waals surface area (Å²) < 4.78 is 5.03. The lowest BCUT2D eigenvalue weighted by Gasteiger charge is -2.03. The van der Waals surface area contributed by atoms with Crippen LogP contribution in [-0.2, 0) is 11.3 Å². The molecule has 0 bridgehead atoms. The summed E-state index contributed by atoms with van der Waals surface area (Å²) >= 11 is 0. The fraction of sp³-hybridized carbons (Fsp3) is 0.182. The molecule has 3 nitrogen and oxygen atoms in total. The lowest BCUT2D eigenvalue weighted by atomic mass is 10.1. The fourth-order valence-electron chi connectivity index (χ4n) is 1.45. The average molecular weight is 188 g/mol. The van der Waals surface area contributed by atoms with Crippen LogP contribution in [0.3, 0.4) is 0 Å². The van der Waals surface area contributed by atoms with Gasteiger partial charge in [0.05, 0.1) is 12.1 Å². The summed E-state index contributed by atoms with van der Waals surface area (Å²) in [6.07, 6.45) is 0. The van der Waals surface area contributed by atoms with Gasteiger partial charge in [-0.05, 0) is 29.7 Å². The van der Waals surface area contributed by atoms with Gasteiger partial charge in [0.2, 0.25) is 5.56 Å². The smallest absolute Gasteiger partial charge is 0.248 e. The van der Waals surface area contributed by atoms with Gasteiger partial charge in [0, 0.05) is 18.7 Å². The predicted octanol–water partition coefficient (Wildman–Crippen LogP) is 1.47. The van der Waals surface area contributed by atoms with Gasteiger partial charge in [0.15, 0.2) is 0 Å². The maximum atomic E-state index is 11.1. The molecule has 0 unspecified atom stereocenters. The number of aromatic amines is 1. The maximum Gasteiger partial charge on any atom is 0.248 e. The molecular formula is C11H10NO2. The highest BCUT2D eigenvalue weighted by Crippen LogP contribution is 2.14. The molecule has 0 saturated carbocycles. The standard InChI is InChI=1S/C11H10NO2/c1-14-7-9-4-2-3-8-5-6-10(13)12-11(8)9/h3-6H,7H2,1H3,(H,12,13). The number of hydrogen-bond donors (Lipinski definition) is 1. The Labute approximate surface area is 81.3 Å². The number of hydrogen-bond acceptors (Lipinski definition) is 2. The molecule has 2 rings (SSSR count). The summed E-state index contributed by atoms with van der Waals surface area (Å²) in [4.78, 5) is 13.9. The van der Waals surface area contributed by atoms with Gasteiger partial charge < -0.3 is 9.72 Å². The summed E-state index contributed by atoms with van der Waals surface area (Å²) in [6, 6.07) is 9.95. The van der Waals surface area contributed by atoms with E-state index >= 15 is 0 Å². The van der Waals surface area contributed by atoms with Crippen molar-refractivity contribution in [2.75, 3.05) is 7.11 Å². The minimum absolute atomic E-state index is 0.0962. The Bertz CT molecular complexity index is 502. The molecule has 1 heterocycles. The van der Waals surface area contributed by atoms with Crippen LogP contribution in [0.4, 0.5) is 0 Å². The molecule has 0 spiro atoms. The topological polar surface area (TPSA) is 42.1 Å². The lowest BCUT2D eigenvalue weighted by Crippen LogP contribution is -2.04. The summed E-state index contributed by atoms with van der Waals surface area (Å²) in [7, 11) is 1.62. The number of pyridine rings is 1. The zero-order valence-electron chi connectivity index (χ0n) is 7.83. The Morgan fingerprint density at radius 1 is 1.43 bits per heavy atom. The van der Waals surface area contributed by atoms with Crippen molar-refractivity contribution in [2.45, 2.75) is 6.61 Å². The Balaban J connectivity index is 2.71. The Kier molecular flexibility index (Phi) is 2.33. The highest BCUT2D eigenvalue weighted by molar-refractivity contribution is 5.81. The molecule has 1 aromatic carbocycles. The molecule has 1 N–H and O–H groups in total. The van der Waals surface area contributed by atoms with E-state index in [4.69, 9.17) is 4.74 Å². The van der Waals surface area contributed by atoms with Crippen LogP contribution in [0.2, 0.25) is 0 Å². The molecule has 1 aromatic heterocycles. The molecule has 3 heteroatoms. The van der Waals surface area contributed by atoms with Crippen LogP contribution in [0.1, 0.15) is 5.56 Å². The largest absolute Gasteiger partial charge is 0.380 e. The molecule has 0 fully saturated rings. The monoisotopic (exact) mass is 188 g/mol. The van der Waals surface area contributed by atoms with Crippen molar-refractivity contribution in [3.63, 3.8) is 0 Å². The number of nitrogens with one attached hydrogen (secondary N) is 1. The first-order valence-electron chi connectivity index (χ1n) is 4.32. The third kappa shape index (κ3) is 1.54. The van der Waals surface area contributed by atoms with Crippen LogP contribution < -0.4 is 5.56 Å². The lowest BCUT2D eigenvalue weighted by molar-refractivity contribution is 0.186. The normalized spacial score (nSPS) is 10.6. The van der Waals surface area contributed by atoms with Crippen molar-refractivity contribution in [1.29, 1.82) is 0 Å². The Hall–Kier alpha value is -1.61. The highest BCUT2D eigenvalue weighted by atomic mass is 16.5. The van der Waals surface area contributed by atoms with E-state index in [0.717, 1.165) is 16.5 Å². The molecule has 1 radical (unpaired) electrons. The Morgan fingerprint density at radius 3 is 3.07 bits per heavy atom. The number of methoxy groups -OCH3 is 1. The second-order valence-corrected chi connectivity index (χ2v) is 3.07. The van der Waals surface area contributed by atoms with Crippen molar-refractivity contribution in [2.24, 2.45) is 0 Å². The molecular weight excluding hydrogens is 178 g/mol. The third-order valence-corrected chi connectivity index (χ3v) is 2.07. The van der Waals surface area contributed by atoms with Crippen molar-refractivity contribution >= 4 is 10.9 Å². The first kappa shape index (κ1) is 8.97. The van der Waals surface area contributed by atoms with Crippen LogP contribution in [0.5, 0.6) is 0 Å². The van der Waals surface area contributed by atoms with E-state index in [1.165, 1.54) is 6.07 Å². The van der Waals surface area contributed by atoms with Gasteiger partial charge in [0.25, 0.3) is 0 Å². The molecule has 0 amide bonds. The van der Waals surface area contributed by atoms with Crippen molar-refractivity contribution in [3.8, 4) is 0 Å². The fourth-order valence-corrected chi connectivity index (χ4v) is 1.45. The molecule has 0 aliphatic carbocycles. The first-order chi connectivity index (χ1) is 6.81. The minimum Gasteiger partial charge on any atom is -0.380 e. The van der Waals surface area contributed by atoms with Gasteiger partial charge in [-0.2, -0.15) is 0 Å². The quantitative estimate of drug-likeness (QED) is 0.775. The summed E-state index contributed by atoms with van der Waals surface area (Å²) in [5, 5.41) is 0.971. The number of fused-ring (bicyclic) bond motifs is 1. The zero-order chi connectivity index (χ0) is 9.97. The third-order valence-electron chi connectivity index (χ3n) is 2.07. The number of rotatable bonds is 2. The number of ether oxygens (including phenoxy) is 1. The molecule has 14 heavy (non-hydrogen) atoms. The van der Waals surface area contributed by atoms with Gasteiger partial charge in [-0.25, -0.2) is 0 Å². The van der Waals surface area contributed by atoms with Gasteiger partial charge in [-0.15, -0.1) is 0 Å². The van der Waals surface area contributed by atoms with Crippen LogP contribution in [0.15, 0.2) is 29.1 Å². The van der Waals surface area contributed by atoms with E-state index in [1.807, 2.05) is 12.1 Å². The Morgan fingerprint density at radius 2 is 2.29 bits per heavy atom. The number of benzene rings is 1.